The quantitative estimate of drug-likeness (QED) is 0.127. The Balaban J connectivity index is 1.45. The first kappa shape index (κ1) is 34.0. The topological polar surface area (TPSA) is 72.5 Å². The Hall–Kier alpha value is -2.18. The fraction of sp³-hybridized carbons (Fsp3) is 0.618. The second-order valence-electron chi connectivity index (χ2n) is 11.8. The van der Waals surface area contributed by atoms with Crippen molar-refractivity contribution in [2.24, 2.45) is 0 Å². The molecule has 40 heavy (non-hydrogen) atoms. The van der Waals surface area contributed by atoms with Gasteiger partial charge in [0, 0.05) is 12.1 Å². The zero-order valence-electron chi connectivity index (χ0n) is 25.6. The monoisotopic (exact) mass is 571 g/mol. The van der Waals surface area contributed by atoms with Crippen LogP contribution in [0.1, 0.15) is 140 Å². The van der Waals surface area contributed by atoms with Gasteiger partial charge in [-0.2, -0.15) is 8.42 Å². The first-order valence-corrected chi connectivity index (χ1v) is 16.9. The fourth-order valence-corrected chi connectivity index (χ4v) is 5.94. The van der Waals surface area contributed by atoms with E-state index in [1.807, 2.05) is 6.92 Å². The molecule has 0 atom stereocenters. The molecule has 224 valence electrons. The average molecular weight is 572 g/mol. The first-order valence-electron chi connectivity index (χ1n) is 15.5. The number of anilines is 1. The van der Waals surface area contributed by atoms with Crippen molar-refractivity contribution in [3.05, 3.63) is 59.2 Å². The first-order chi connectivity index (χ1) is 19.1. The van der Waals surface area contributed by atoms with Crippen LogP contribution in [0, 0.1) is 6.92 Å². The number of rotatable bonds is 20. The summed E-state index contributed by atoms with van der Waals surface area (Å²) in [4.78, 5) is 12.9. The van der Waals surface area contributed by atoms with E-state index >= 15 is 0 Å². The van der Waals surface area contributed by atoms with Gasteiger partial charge in [0.1, 0.15) is 0 Å². The summed E-state index contributed by atoms with van der Waals surface area (Å²) in [6.07, 6.45) is 14.2. The number of para-hydroxylation sites is 1. The number of benzene rings is 2. The third kappa shape index (κ3) is 12.6. The minimum absolute atomic E-state index is 0.134. The van der Waals surface area contributed by atoms with Crippen LogP contribution < -0.4 is 5.32 Å². The summed E-state index contributed by atoms with van der Waals surface area (Å²) in [6.45, 7) is 10.9. The molecule has 0 radical (unpaired) electrons. The van der Waals surface area contributed by atoms with Gasteiger partial charge in [0.05, 0.1) is 11.5 Å². The lowest BCUT2D eigenvalue weighted by molar-refractivity contribution is -0.116. The normalized spacial score (nSPS) is 11.9. The number of hydrogen-bond acceptors (Lipinski definition) is 4. The second-order valence-corrected chi connectivity index (χ2v) is 13.4. The van der Waals surface area contributed by atoms with Gasteiger partial charge in [-0.05, 0) is 54.9 Å². The molecule has 1 amide bonds. The largest absolute Gasteiger partial charge is 0.326 e. The minimum atomic E-state index is -3.64. The van der Waals surface area contributed by atoms with Crippen molar-refractivity contribution in [3.8, 4) is 0 Å². The van der Waals surface area contributed by atoms with Gasteiger partial charge in [-0.3, -0.25) is 8.98 Å². The van der Waals surface area contributed by atoms with E-state index in [1.54, 1.807) is 24.3 Å². The molecule has 0 aromatic heterocycles. The Kier molecular flexibility index (Phi) is 15.6. The lowest BCUT2D eigenvalue weighted by atomic mass is 9.92. The van der Waals surface area contributed by atoms with Gasteiger partial charge in [-0.25, -0.2) is 0 Å². The molecule has 0 aliphatic carbocycles. The molecule has 0 aliphatic rings. The van der Waals surface area contributed by atoms with Gasteiger partial charge < -0.3 is 5.32 Å². The molecule has 0 unspecified atom stereocenters. The SMILES string of the molecule is Cc1ccc(S(=O)(=O)OCCCCCCCCCCCCCCC(=O)Nc2c(C(C)C)cccc2C(C)C)cc1. The molecule has 0 heterocycles. The Labute approximate surface area is 244 Å². The van der Waals surface area contributed by atoms with E-state index in [1.165, 1.54) is 56.1 Å². The number of aryl methyl sites for hydroxylation is 1. The zero-order chi connectivity index (χ0) is 29.4. The molecule has 2 aromatic carbocycles. The van der Waals surface area contributed by atoms with Crippen LogP contribution in [0.2, 0.25) is 0 Å². The molecule has 0 saturated carbocycles. The van der Waals surface area contributed by atoms with Gasteiger partial charge in [0.15, 0.2) is 0 Å². The number of unbranched alkanes of at least 4 members (excludes halogenated alkanes) is 11. The summed E-state index contributed by atoms with van der Waals surface area (Å²) in [5, 5.41) is 3.23. The number of amides is 1. The highest BCUT2D eigenvalue weighted by atomic mass is 32.2. The standard InChI is InChI=1S/C34H53NO4S/c1-27(2)31-19-18-20-32(28(3)4)34(31)35-33(36)21-16-14-12-10-8-6-7-9-11-13-15-17-26-39-40(37,38)30-24-22-29(5)23-25-30/h18-20,22-25,27-28H,6-17,21,26H2,1-5H3,(H,35,36). The third-order valence-electron chi connectivity index (χ3n) is 7.48. The summed E-state index contributed by atoms with van der Waals surface area (Å²) in [5.74, 6) is 0.892. The second kappa shape index (κ2) is 18.3. The van der Waals surface area contributed by atoms with E-state index in [9.17, 15) is 13.2 Å². The maximum absolute atomic E-state index is 12.6. The zero-order valence-corrected chi connectivity index (χ0v) is 26.5. The van der Waals surface area contributed by atoms with Gasteiger partial charge in [0.25, 0.3) is 10.1 Å². The number of carbonyl (C=O) groups excluding carboxylic acids is 1. The Bertz CT molecular complexity index is 1080. The van der Waals surface area contributed by atoms with Crippen molar-refractivity contribution in [1.29, 1.82) is 0 Å². The minimum Gasteiger partial charge on any atom is -0.326 e. The molecule has 0 aliphatic heterocycles. The smallest absolute Gasteiger partial charge is 0.296 e. The van der Waals surface area contributed by atoms with Gasteiger partial charge >= 0.3 is 0 Å². The van der Waals surface area contributed by atoms with Crippen molar-refractivity contribution < 1.29 is 17.4 Å². The van der Waals surface area contributed by atoms with E-state index in [0.29, 0.717) is 18.3 Å². The average Bonchev–Trinajstić information content (AvgIpc) is 2.90. The van der Waals surface area contributed by atoms with Crippen molar-refractivity contribution in [1.82, 2.24) is 0 Å². The molecule has 2 rings (SSSR count). The molecule has 1 N–H and O–H groups in total. The highest BCUT2D eigenvalue weighted by molar-refractivity contribution is 7.86. The van der Waals surface area contributed by atoms with Crippen LogP contribution >= 0.6 is 0 Å². The molecular weight excluding hydrogens is 518 g/mol. The van der Waals surface area contributed by atoms with Crippen LogP contribution in [0.25, 0.3) is 0 Å². The van der Waals surface area contributed by atoms with Crippen molar-refractivity contribution in [3.63, 3.8) is 0 Å². The van der Waals surface area contributed by atoms with Crippen molar-refractivity contribution in [2.75, 3.05) is 11.9 Å². The lowest BCUT2D eigenvalue weighted by Crippen LogP contribution is -2.15. The van der Waals surface area contributed by atoms with E-state index in [0.717, 1.165) is 43.4 Å². The highest BCUT2D eigenvalue weighted by Crippen LogP contribution is 2.32. The molecule has 0 fully saturated rings. The number of carbonyl (C=O) groups is 1. The van der Waals surface area contributed by atoms with Crippen LogP contribution in [-0.2, 0) is 19.1 Å². The van der Waals surface area contributed by atoms with E-state index in [-0.39, 0.29) is 17.4 Å². The van der Waals surface area contributed by atoms with Crippen LogP contribution in [0.3, 0.4) is 0 Å². The van der Waals surface area contributed by atoms with Crippen molar-refractivity contribution >= 4 is 21.7 Å². The molecule has 2 aromatic rings. The Morgan fingerprint density at radius 2 is 1.15 bits per heavy atom. The van der Waals surface area contributed by atoms with E-state index < -0.39 is 10.1 Å². The van der Waals surface area contributed by atoms with Crippen LogP contribution in [0.4, 0.5) is 5.69 Å². The summed E-state index contributed by atoms with van der Waals surface area (Å²) in [5.41, 5.74) is 4.49. The molecule has 0 spiro atoms. The van der Waals surface area contributed by atoms with Crippen LogP contribution in [0.15, 0.2) is 47.4 Å². The molecule has 5 nitrogen and oxygen atoms in total. The van der Waals surface area contributed by atoms with Crippen LogP contribution in [-0.4, -0.2) is 20.9 Å². The summed E-state index contributed by atoms with van der Waals surface area (Å²) < 4.78 is 29.5. The maximum atomic E-state index is 12.6. The lowest BCUT2D eigenvalue weighted by Gasteiger charge is -2.20. The highest BCUT2D eigenvalue weighted by Gasteiger charge is 2.16. The third-order valence-corrected chi connectivity index (χ3v) is 8.81. The Morgan fingerprint density at radius 3 is 1.62 bits per heavy atom. The van der Waals surface area contributed by atoms with E-state index in [4.69, 9.17) is 4.18 Å². The van der Waals surface area contributed by atoms with E-state index in [2.05, 4.69) is 51.2 Å². The molecular formula is C34H53NO4S. The molecule has 0 bridgehead atoms. The van der Waals surface area contributed by atoms with Crippen LogP contribution in [0.5, 0.6) is 0 Å². The van der Waals surface area contributed by atoms with Gasteiger partial charge in [-0.1, -0.05) is 128 Å². The van der Waals surface area contributed by atoms with Gasteiger partial charge in [-0.15, -0.1) is 0 Å². The number of nitrogens with one attached hydrogen (secondary N) is 1. The molecule has 0 saturated heterocycles. The summed E-state index contributed by atoms with van der Waals surface area (Å²) >= 11 is 0. The summed E-state index contributed by atoms with van der Waals surface area (Å²) in [7, 11) is -3.64. The van der Waals surface area contributed by atoms with Gasteiger partial charge in [0.2, 0.25) is 5.91 Å². The molecule has 6 heteroatoms. The predicted molar refractivity (Wildman–Crippen MR) is 168 cm³/mol. The maximum Gasteiger partial charge on any atom is 0.296 e. The fourth-order valence-electron chi connectivity index (χ4n) is 4.99. The predicted octanol–water partition coefficient (Wildman–Crippen LogP) is 9.66. The van der Waals surface area contributed by atoms with Crippen molar-refractivity contribution in [2.45, 2.75) is 135 Å². The summed E-state index contributed by atoms with van der Waals surface area (Å²) in [6, 6.07) is 13.1. The number of hydrogen-bond donors (Lipinski definition) is 1. The Morgan fingerprint density at radius 1 is 0.700 bits per heavy atom.